The van der Waals surface area contributed by atoms with Crippen molar-refractivity contribution in [1.82, 2.24) is 0 Å². The molecule has 0 spiro atoms. The maximum Gasteiger partial charge on any atom is 0.573 e. The molecule has 1 aromatic rings. The molecular formula is C27H37F5O. The fourth-order valence-corrected chi connectivity index (χ4v) is 5.83. The van der Waals surface area contributed by atoms with Gasteiger partial charge >= 0.3 is 6.36 Å². The zero-order valence-corrected chi connectivity index (χ0v) is 19.6. The van der Waals surface area contributed by atoms with Gasteiger partial charge in [0.05, 0.1) is 0 Å². The van der Waals surface area contributed by atoms with Crippen molar-refractivity contribution >= 4 is 0 Å². The standard InChI is InChI=1S/C27H37F5O/c1-2-3-4-5-6-7-8-19-9-11-20(12-10-19)21-13-15-22(16-14-21)23-17-24(28)26(25(29)18-23)33-27(30,31)32/h4-5,17-22H,2-3,6-16H2,1H3/b5-4+. The summed E-state index contributed by atoms with van der Waals surface area (Å²) in [5.41, 5.74) is 0.440. The van der Waals surface area contributed by atoms with Gasteiger partial charge in [-0.15, -0.1) is 13.2 Å². The van der Waals surface area contributed by atoms with Gasteiger partial charge in [-0.25, -0.2) is 8.78 Å². The largest absolute Gasteiger partial charge is 0.573 e. The Morgan fingerprint density at radius 3 is 1.94 bits per heavy atom. The first-order chi connectivity index (χ1) is 15.8. The van der Waals surface area contributed by atoms with Crippen LogP contribution in [0.5, 0.6) is 5.75 Å². The van der Waals surface area contributed by atoms with Gasteiger partial charge in [0.1, 0.15) is 0 Å². The molecule has 0 heterocycles. The predicted molar refractivity (Wildman–Crippen MR) is 121 cm³/mol. The average Bonchev–Trinajstić information content (AvgIpc) is 2.78. The van der Waals surface area contributed by atoms with Crippen molar-refractivity contribution in [3.05, 3.63) is 41.5 Å². The van der Waals surface area contributed by atoms with E-state index in [1.54, 1.807) is 0 Å². The van der Waals surface area contributed by atoms with E-state index in [9.17, 15) is 22.0 Å². The van der Waals surface area contributed by atoms with Crippen LogP contribution in [-0.4, -0.2) is 6.36 Å². The van der Waals surface area contributed by atoms with Crippen LogP contribution in [-0.2, 0) is 0 Å². The molecular weight excluding hydrogens is 435 g/mol. The van der Waals surface area contributed by atoms with Gasteiger partial charge in [0.25, 0.3) is 0 Å². The summed E-state index contributed by atoms with van der Waals surface area (Å²) < 4.78 is 68.8. The molecule has 2 aliphatic carbocycles. The second-order valence-electron chi connectivity index (χ2n) is 9.94. The number of ether oxygens (including phenoxy) is 1. The van der Waals surface area contributed by atoms with Crippen LogP contribution >= 0.6 is 0 Å². The average molecular weight is 473 g/mol. The van der Waals surface area contributed by atoms with Crippen LogP contribution in [0.15, 0.2) is 24.3 Å². The molecule has 0 aromatic heterocycles. The van der Waals surface area contributed by atoms with Gasteiger partial charge in [0, 0.05) is 0 Å². The molecule has 0 aliphatic heterocycles. The van der Waals surface area contributed by atoms with Crippen LogP contribution in [0.1, 0.15) is 102 Å². The Balaban J connectivity index is 1.42. The second kappa shape index (κ2) is 12.2. The van der Waals surface area contributed by atoms with Gasteiger partial charge in [-0.3, -0.25) is 0 Å². The Morgan fingerprint density at radius 1 is 0.848 bits per heavy atom. The highest BCUT2D eigenvalue weighted by Gasteiger charge is 2.35. The molecule has 1 nitrogen and oxygen atoms in total. The van der Waals surface area contributed by atoms with Crippen molar-refractivity contribution in [2.75, 3.05) is 0 Å². The Labute approximate surface area is 194 Å². The maximum atomic E-state index is 14.1. The number of benzene rings is 1. The Morgan fingerprint density at radius 2 is 1.39 bits per heavy atom. The molecule has 6 heteroatoms. The van der Waals surface area contributed by atoms with Crippen LogP contribution in [0, 0.1) is 29.4 Å². The van der Waals surface area contributed by atoms with Crippen LogP contribution < -0.4 is 4.74 Å². The van der Waals surface area contributed by atoms with E-state index in [2.05, 4.69) is 23.8 Å². The van der Waals surface area contributed by atoms with Gasteiger partial charge in [-0.05, 0) is 99.2 Å². The number of alkyl halides is 3. The van der Waals surface area contributed by atoms with Gasteiger partial charge in [-0.2, -0.15) is 0 Å². The van der Waals surface area contributed by atoms with Crippen molar-refractivity contribution in [1.29, 1.82) is 0 Å². The lowest BCUT2D eigenvalue weighted by Crippen LogP contribution is -2.25. The summed E-state index contributed by atoms with van der Waals surface area (Å²) in [6.45, 7) is 2.20. The molecule has 3 rings (SSSR count). The van der Waals surface area contributed by atoms with Crippen LogP contribution in [0.25, 0.3) is 0 Å². The molecule has 33 heavy (non-hydrogen) atoms. The van der Waals surface area contributed by atoms with Gasteiger partial charge < -0.3 is 4.74 Å². The molecule has 2 saturated carbocycles. The zero-order chi connectivity index (χ0) is 23.8. The summed E-state index contributed by atoms with van der Waals surface area (Å²) in [5.74, 6) is -1.71. The Hall–Kier alpha value is -1.59. The highest BCUT2D eigenvalue weighted by Crippen LogP contribution is 2.45. The van der Waals surface area contributed by atoms with E-state index in [0.717, 1.165) is 49.7 Å². The Kier molecular flexibility index (Phi) is 9.63. The maximum absolute atomic E-state index is 14.1. The van der Waals surface area contributed by atoms with Crippen LogP contribution in [0.3, 0.4) is 0 Å². The summed E-state index contributed by atoms with van der Waals surface area (Å²) in [6, 6.07) is 2.02. The van der Waals surface area contributed by atoms with E-state index in [1.165, 1.54) is 57.8 Å². The van der Waals surface area contributed by atoms with Crippen molar-refractivity contribution in [3.63, 3.8) is 0 Å². The molecule has 0 amide bonds. The highest BCUT2D eigenvalue weighted by molar-refractivity contribution is 5.33. The smallest absolute Gasteiger partial charge is 0.399 e. The van der Waals surface area contributed by atoms with E-state index in [-0.39, 0.29) is 5.92 Å². The fourth-order valence-electron chi connectivity index (χ4n) is 5.83. The summed E-state index contributed by atoms with van der Waals surface area (Å²) in [7, 11) is 0. The number of halogens is 5. The Bertz CT molecular complexity index is 733. The highest BCUT2D eigenvalue weighted by atomic mass is 19.4. The summed E-state index contributed by atoms with van der Waals surface area (Å²) >= 11 is 0. The molecule has 0 radical (unpaired) electrons. The molecule has 1 aromatic carbocycles. The minimum absolute atomic E-state index is 0.0118. The van der Waals surface area contributed by atoms with E-state index in [4.69, 9.17) is 0 Å². The van der Waals surface area contributed by atoms with E-state index in [1.807, 2.05) is 0 Å². The topological polar surface area (TPSA) is 9.23 Å². The van der Waals surface area contributed by atoms with Gasteiger partial charge in [-0.1, -0.05) is 44.8 Å². The third kappa shape index (κ3) is 7.99. The van der Waals surface area contributed by atoms with Crippen molar-refractivity contribution in [3.8, 4) is 5.75 Å². The predicted octanol–water partition coefficient (Wildman–Crippen LogP) is 9.47. The molecule has 0 N–H and O–H groups in total. The molecule has 0 atom stereocenters. The number of unbranched alkanes of at least 4 members (excludes halogenated alkanes) is 2. The minimum Gasteiger partial charge on any atom is -0.399 e. The van der Waals surface area contributed by atoms with E-state index < -0.39 is 23.7 Å². The zero-order valence-electron chi connectivity index (χ0n) is 19.6. The second-order valence-corrected chi connectivity index (χ2v) is 9.94. The lowest BCUT2D eigenvalue weighted by Gasteiger charge is -2.38. The lowest BCUT2D eigenvalue weighted by atomic mass is 9.68. The lowest BCUT2D eigenvalue weighted by molar-refractivity contribution is -0.276. The number of rotatable bonds is 9. The summed E-state index contributed by atoms with van der Waals surface area (Å²) in [4.78, 5) is 0. The SMILES string of the molecule is CCC/C=C/CCCC1CCC(C2CCC(c3cc(F)c(OC(F)(F)F)c(F)c3)CC2)CC1. The third-order valence-corrected chi connectivity index (χ3v) is 7.64. The molecule has 0 bridgehead atoms. The quantitative estimate of drug-likeness (QED) is 0.198. The van der Waals surface area contributed by atoms with E-state index >= 15 is 0 Å². The number of allylic oxidation sites excluding steroid dienone is 2. The summed E-state index contributed by atoms with van der Waals surface area (Å²) in [5, 5.41) is 0. The molecule has 2 aliphatic rings. The summed E-state index contributed by atoms with van der Waals surface area (Å²) in [6.07, 6.45) is 14.5. The number of hydrogen-bond donors (Lipinski definition) is 0. The van der Waals surface area contributed by atoms with Crippen molar-refractivity contribution < 1.29 is 26.7 Å². The number of hydrogen-bond acceptors (Lipinski definition) is 1. The van der Waals surface area contributed by atoms with Crippen molar-refractivity contribution in [2.24, 2.45) is 17.8 Å². The third-order valence-electron chi connectivity index (χ3n) is 7.64. The van der Waals surface area contributed by atoms with Gasteiger partial charge in [0.15, 0.2) is 11.6 Å². The van der Waals surface area contributed by atoms with E-state index in [0.29, 0.717) is 11.5 Å². The van der Waals surface area contributed by atoms with Crippen LogP contribution in [0.2, 0.25) is 0 Å². The fraction of sp³-hybridized carbons (Fsp3) is 0.704. The first-order valence-electron chi connectivity index (χ1n) is 12.7. The molecule has 2 fully saturated rings. The minimum atomic E-state index is -5.12. The monoisotopic (exact) mass is 472 g/mol. The molecule has 0 saturated heterocycles. The van der Waals surface area contributed by atoms with Gasteiger partial charge in [0.2, 0.25) is 5.75 Å². The first kappa shape index (κ1) is 26.0. The normalized spacial score (nSPS) is 26.6. The van der Waals surface area contributed by atoms with Crippen molar-refractivity contribution in [2.45, 2.75) is 103 Å². The molecule has 186 valence electrons. The molecule has 0 unspecified atom stereocenters. The first-order valence-corrected chi connectivity index (χ1v) is 12.7. The van der Waals surface area contributed by atoms with Crippen LogP contribution in [0.4, 0.5) is 22.0 Å².